The van der Waals surface area contributed by atoms with Gasteiger partial charge >= 0.3 is 51.4 Å². The number of benzene rings is 1. The smallest absolute Gasteiger partial charge is 0.545 e. The zero-order valence-electron chi connectivity index (χ0n) is 6.00. The molecule has 0 saturated heterocycles. The molecule has 11 heavy (non-hydrogen) atoms. The maximum absolute atomic E-state index is 10.2. The Morgan fingerprint density at radius 3 is 2.45 bits per heavy atom. The monoisotopic (exact) mass is 286 g/mol. The molecular weight excluding hydrogens is 282 g/mol. The van der Waals surface area contributed by atoms with Gasteiger partial charge in [-0.05, 0) is 40.3 Å². The molecule has 1 aromatic carbocycles. The molecule has 0 aromatic heterocycles. The predicted octanol–water partition coefficient (Wildman–Crippen LogP) is -2.34. The van der Waals surface area contributed by atoms with Gasteiger partial charge < -0.3 is 9.90 Å². The normalized spacial score (nSPS) is 8.45. The summed E-state index contributed by atoms with van der Waals surface area (Å²) < 4.78 is 0.902. The van der Waals surface area contributed by atoms with Gasteiger partial charge in [-0.3, -0.25) is 0 Å². The summed E-state index contributed by atoms with van der Waals surface area (Å²) in [6.45, 7) is 0. The minimum absolute atomic E-state index is 0. The molecule has 0 saturated carbocycles. The van der Waals surface area contributed by atoms with Crippen molar-refractivity contribution >= 4 is 28.6 Å². The molecule has 0 atom stereocenters. The molecule has 4 heteroatoms. The van der Waals surface area contributed by atoms with Gasteiger partial charge in [0.1, 0.15) is 0 Å². The summed E-state index contributed by atoms with van der Waals surface area (Å²) in [6, 6.07) is 6.59. The van der Waals surface area contributed by atoms with Gasteiger partial charge in [0.15, 0.2) is 0 Å². The number of halogens is 1. The second kappa shape index (κ2) is 5.66. The van der Waals surface area contributed by atoms with Crippen LogP contribution in [0.4, 0.5) is 0 Å². The number of carboxylic acids is 1. The van der Waals surface area contributed by atoms with Crippen LogP contribution in [-0.4, -0.2) is 5.97 Å². The van der Waals surface area contributed by atoms with Crippen LogP contribution in [0.5, 0.6) is 0 Å². The molecule has 0 aliphatic heterocycles. The molecule has 1 aromatic rings. The Hall–Kier alpha value is 1.06. The number of rotatable bonds is 1. The van der Waals surface area contributed by atoms with Crippen molar-refractivity contribution in [2.45, 2.75) is 0 Å². The van der Waals surface area contributed by atoms with E-state index in [1.807, 2.05) is 28.7 Å². The molecular formula is C7H4IKO2. The van der Waals surface area contributed by atoms with Gasteiger partial charge in [0.2, 0.25) is 0 Å². The van der Waals surface area contributed by atoms with Crippen LogP contribution in [0.15, 0.2) is 24.3 Å². The van der Waals surface area contributed by atoms with Crippen LogP contribution >= 0.6 is 22.6 Å². The number of hydrogen-bond donors (Lipinski definition) is 0. The quantitative estimate of drug-likeness (QED) is 0.429. The summed E-state index contributed by atoms with van der Waals surface area (Å²) in [5, 5.41) is 10.2. The van der Waals surface area contributed by atoms with Crippen LogP contribution in [-0.2, 0) is 0 Å². The van der Waals surface area contributed by atoms with Crippen molar-refractivity contribution in [3.63, 3.8) is 0 Å². The van der Waals surface area contributed by atoms with Gasteiger partial charge in [-0.2, -0.15) is 0 Å². The number of carbonyl (C=O) groups excluding carboxylic acids is 1. The molecule has 0 bridgehead atoms. The van der Waals surface area contributed by atoms with Gasteiger partial charge in [0.25, 0.3) is 0 Å². The Balaban J connectivity index is 0.000001000. The molecule has 0 heterocycles. The first-order valence-electron chi connectivity index (χ1n) is 2.67. The summed E-state index contributed by atoms with van der Waals surface area (Å²) in [5.74, 6) is -1.13. The fourth-order valence-corrected chi connectivity index (χ4v) is 1.16. The van der Waals surface area contributed by atoms with Crippen molar-refractivity contribution in [1.82, 2.24) is 0 Å². The van der Waals surface area contributed by atoms with Gasteiger partial charge in [0, 0.05) is 3.57 Å². The first-order valence-corrected chi connectivity index (χ1v) is 3.75. The Morgan fingerprint density at radius 2 is 2.09 bits per heavy atom. The molecule has 1 rings (SSSR count). The minimum atomic E-state index is -1.13. The van der Waals surface area contributed by atoms with Crippen LogP contribution in [0.25, 0.3) is 0 Å². The fourth-order valence-electron chi connectivity index (χ4n) is 0.615. The molecule has 0 N–H and O–H groups in total. The van der Waals surface area contributed by atoms with Crippen molar-refractivity contribution in [3.8, 4) is 0 Å². The van der Waals surface area contributed by atoms with Crippen molar-refractivity contribution in [3.05, 3.63) is 33.4 Å². The molecule has 0 spiro atoms. The third-order valence-electron chi connectivity index (χ3n) is 1.06. The van der Waals surface area contributed by atoms with E-state index in [0.29, 0.717) is 0 Å². The molecule has 0 radical (unpaired) electrons. The van der Waals surface area contributed by atoms with Crippen molar-refractivity contribution in [2.24, 2.45) is 0 Å². The summed E-state index contributed by atoms with van der Waals surface area (Å²) in [5.41, 5.74) is 0.229. The zero-order chi connectivity index (χ0) is 7.56. The van der Waals surface area contributed by atoms with E-state index < -0.39 is 5.97 Å². The molecule has 52 valence electrons. The van der Waals surface area contributed by atoms with Crippen LogP contribution in [0.3, 0.4) is 0 Å². The molecule has 0 unspecified atom stereocenters. The van der Waals surface area contributed by atoms with E-state index in [4.69, 9.17) is 0 Å². The topological polar surface area (TPSA) is 40.1 Å². The summed E-state index contributed by atoms with van der Waals surface area (Å²) in [4.78, 5) is 10.2. The van der Waals surface area contributed by atoms with Gasteiger partial charge in [-0.15, -0.1) is 0 Å². The van der Waals surface area contributed by atoms with E-state index in [9.17, 15) is 9.90 Å². The predicted molar refractivity (Wildman–Crippen MR) is 43.5 cm³/mol. The third-order valence-corrected chi connectivity index (χ3v) is 1.73. The van der Waals surface area contributed by atoms with Gasteiger partial charge in [0.05, 0.1) is 5.97 Å². The molecule has 0 aliphatic carbocycles. The van der Waals surface area contributed by atoms with Crippen molar-refractivity contribution < 1.29 is 61.3 Å². The third kappa shape index (κ3) is 4.00. The van der Waals surface area contributed by atoms with Crippen molar-refractivity contribution in [1.29, 1.82) is 0 Å². The van der Waals surface area contributed by atoms with Gasteiger partial charge in [-0.1, -0.05) is 12.1 Å². The maximum Gasteiger partial charge on any atom is 1.00 e. The maximum atomic E-state index is 10.2. The summed E-state index contributed by atoms with van der Waals surface area (Å²) in [7, 11) is 0. The second-order valence-electron chi connectivity index (χ2n) is 1.80. The molecule has 2 nitrogen and oxygen atoms in total. The second-order valence-corrected chi connectivity index (χ2v) is 3.04. The largest absolute Gasteiger partial charge is 1.00 e. The van der Waals surface area contributed by atoms with Crippen LogP contribution < -0.4 is 56.5 Å². The minimum Gasteiger partial charge on any atom is -0.545 e. The average Bonchev–Trinajstić information content (AvgIpc) is 1.88. The Kier molecular flexibility index (Phi) is 6.20. The summed E-state index contributed by atoms with van der Waals surface area (Å²) in [6.07, 6.45) is 0. The van der Waals surface area contributed by atoms with Crippen molar-refractivity contribution in [2.75, 3.05) is 0 Å². The van der Waals surface area contributed by atoms with E-state index in [0.717, 1.165) is 3.57 Å². The first kappa shape index (κ1) is 12.1. The SMILES string of the molecule is O=C([O-])c1cccc(I)c1.[K+]. The first-order chi connectivity index (χ1) is 4.70. The van der Waals surface area contributed by atoms with E-state index in [1.165, 1.54) is 6.07 Å². The van der Waals surface area contributed by atoms with E-state index in [-0.39, 0.29) is 56.9 Å². The Bertz CT molecular complexity index is 262. The van der Waals surface area contributed by atoms with Crippen LogP contribution in [0.2, 0.25) is 0 Å². The number of carbonyl (C=O) groups is 1. The standard InChI is InChI=1S/C7H5IO2.K/c8-6-3-1-2-5(4-6)7(9)10;/h1-4H,(H,9,10);/q;+1/p-1. The average molecular weight is 286 g/mol. The van der Waals surface area contributed by atoms with E-state index >= 15 is 0 Å². The van der Waals surface area contributed by atoms with E-state index in [2.05, 4.69) is 0 Å². The molecule has 0 fully saturated rings. The van der Waals surface area contributed by atoms with Gasteiger partial charge in [-0.25, -0.2) is 0 Å². The zero-order valence-corrected chi connectivity index (χ0v) is 11.3. The van der Waals surface area contributed by atoms with Crippen LogP contribution in [0, 0.1) is 3.57 Å². The van der Waals surface area contributed by atoms with E-state index in [1.54, 1.807) is 12.1 Å². The number of carboxylic acid groups (broad SMARTS) is 1. The summed E-state index contributed by atoms with van der Waals surface area (Å²) >= 11 is 2.05. The molecule has 0 amide bonds. The number of hydrogen-bond acceptors (Lipinski definition) is 2. The fraction of sp³-hybridized carbons (Fsp3) is 0. The Morgan fingerprint density at radius 1 is 1.45 bits per heavy atom. The Labute approximate surface area is 121 Å². The molecule has 0 aliphatic rings. The number of aromatic carboxylic acids is 1. The van der Waals surface area contributed by atoms with Crippen LogP contribution in [0.1, 0.15) is 10.4 Å².